The van der Waals surface area contributed by atoms with Crippen LogP contribution in [0.4, 0.5) is 5.69 Å². The molecule has 0 atom stereocenters. The molecule has 3 N–H and O–H groups in total. The molecule has 2 aromatic rings. The average molecular weight is 332 g/mol. The molecule has 106 valence electrons. The molecule has 1 aromatic carbocycles. The van der Waals surface area contributed by atoms with E-state index in [0.29, 0.717) is 10.7 Å². The van der Waals surface area contributed by atoms with Gasteiger partial charge in [-0.1, -0.05) is 11.6 Å². The van der Waals surface area contributed by atoms with Crippen molar-refractivity contribution in [1.82, 2.24) is 9.97 Å². The van der Waals surface area contributed by atoms with Crippen molar-refractivity contribution in [3.05, 3.63) is 50.1 Å². The van der Waals surface area contributed by atoms with Crippen molar-refractivity contribution in [3.8, 4) is 0 Å². The van der Waals surface area contributed by atoms with Crippen molar-refractivity contribution in [2.45, 2.75) is 11.8 Å². The summed E-state index contributed by atoms with van der Waals surface area (Å²) in [7, 11) is -4.02. The standard InChI is InChI=1S/C11H10ClN3O3S2/c1-6-9(10(16)14-11(19)13-6)20(17,18)15-8-4-2-7(12)3-5-8/h2-5,15H,1H3,(H2,13,14,16,19). The quantitative estimate of drug-likeness (QED) is 0.751. The predicted molar refractivity (Wildman–Crippen MR) is 79.2 cm³/mol. The second-order valence-corrected chi connectivity index (χ2v) is 6.44. The van der Waals surface area contributed by atoms with Gasteiger partial charge in [0.15, 0.2) is 9.67 Å². The van der Waals surface area contributed by atoms with Crippen LogP contribution in [-0.4, -0.2) is 18.4 Å². The average Bonchev–Trinajstić information content (AvgIpc) is 2.30. The third-order valence-corrected chi connectivity index (χ3v) is 4.43. The normalized spacial score (nSPS) is 11.3. The maximum absolute atomic E-state index is 12.2. The van der Waals surface area contributed by atoms with E-state index in [4.69, 9.17) is 23.8 Å². The Kier molecular flexibility index (Phi) is 3.98. The topological polar surface area (TPSA) is 94.8 Å². The van der Waals surface area contributed by atoms with Gasteiger partial charge in [-0.3, -0.25) is 14.5 Å². The zero-order chi connectivity index (χ0) is 14.9. The monoisotopic (exact) mass is 331 g/mol. The van der Waals surface area contributed by atoms with Crippen LogP contribution in [0.3, 0.4) is 0 Å². The number of hydrogen-bond acceptors (Lipinski definition) is 4. The van der Waals surface area contributed by atoms with E-state index in [2.05, 4.69) is 14.7 Å². The third kappa shape index (κ3) is 3.09. The molecule has 0 aliphatic rings. The van der Waals surface area contributed by atoms with Crippen LogP contribution in [0.15, 0.2) is 34.0 Å². The summed E-state index contributed by atoms with van der Waals surface area (Å²) in [6, 6.07) is 6.06. The van der Waals surface area contributed by atoms with E-state index in [1.165, 1.54) is 31.2 Å². The van der Waals surface area contributed by atoms with Gasteiger partial charge >= 0.3 is 0 Å². The molecule has 0 spiro atoms. The van der Waals surface area contributed by atoms with Crippen molar-refractivity contribution in [2.24, 2.45) is 0 Å². The first-order valence-electron chi connectivity index (χ1n) is 5.41. The van der Waals surface area contributed by atoms with E-state index < -0.39 is 20.5 Å². The number of aromatic nitrogens is 2. The second-order valence-electron chi connectivity index (χ2n) is 3.97. The molecule has 0 fully saturated rings. The summed E-state index contributed by atoms with van der Waals surface area (Å²) in [5.41, 5.74) is -0.302. The summed E-state index contributed by atoms with van der Waals surface area (Å²) < 4.78 is 26.8. The van der Waals surface area contributed by atoms with E-state index in [0.717, 1.165) is 0 Å². The van der Waals surface area contributed by atoms with Crippen LogP contribution >= 0.6 is 23.8 Å². The van der Waals surface area contributed by atoms with Crippen molar-refractivity contribution < 1.29 is 8.42 Å². The summed E-state index contributed by atoms with van der Waals surface area (Å²) in [5.74, 6) is 0. The second kappa shape index (κ2) is 5.39. The lowest BCUT2D eigenvalue weighted by atomic mass is 10.3. The summed E-state index contributed by atoms with van der Waals surface area (Å²) in [4.78, 5) is 16.2. The molecule has 0 unspecified atom stereocenters. The van der Waals surface area contributed by atoms with Crippen LogP contribution in [0.5, 0.6) is 0 Å². The Bertz CT molecular complexity index is 854. The minimum Gasteiger partial charge on any atom is -0.335 e. The zero-order valence-corrected chi connectivity index (χ0v) is 12.6. The van der Waals surface area contributed by atoms with E-state index in [9.17, 15) is 13.2 Å². The van der Waals surface area contributed by atoms with Gasteiger partial charge in [-0.2, -0.15) is 0 Å². The Balaban J connectivity index is 2.49. The molecule has 0 amide bonds. The molecule has 0 saturated carbocycles. The number of anilines is 1. The van der Waals surface area contributed by atoms with Gasteiger partial charge in [0.05, 0.1) is 0 Å². The number of halogens is 1. The first-order chi connectivity index (χ1) is 9.29. The molecule has 0 bridgehead atoms. The fourth-order valence-corrected chi connectivity index (χ4v) is 3.31. The molecule has 2 rings (SSSR count). The molecule has 0 radical (unpaired) electrons. The summed E-state index contributed by atoms with van der Waals surface area (Å²) in [6.45, 7) is 1.46. The van der Waals surface area contributed by atoms with Crippen LogP contribution in [0, 0.1) is 11.7 Å². The van der Waals surface area contributed by atoms with Gasteiger partial charge in [-0.25, -0.2) is 8.42 Å². The van der Waals surface area contributed by atoms with Crippen LogP contribution in [-0.2, 0) is 10.0 Å². The molecule has 20 heavy (non-hydrogen) atoms. The lowest BCUT2D eigenvalue weighted by Gasteiger charge is -2.09. The molecule has 1 heterocycles. The summed E-state index contributed by atoms with van der Waals surface area (Å²) in [6.07, 6.45) is 0. The van der Waals surface area contributed by atoms with Crippen LogP contribution < -0.4 is 10.3 Å². The van der Waals surface area contributed by atoms with Crippen molar-refractivity contribution in [1.29, 1.82) is 0 Å². The number of benzene rings is 1. The molecule has 0 aliphatic heterocycles. The summed E-state index contributed by atoms with van der Waals surface area (Å²) in [5, 5.41) is 0.478. The van der Waals surface area contributed by atoms with Gasteiger partial charge in [0, 0.05) is 16.4 Å². The van der Waals surface area contributed by atoms with Gasteiger partial charge in [0.25, 0.3) is 15.6 Å². The maximum Gasteiger partial charge on any atom is 0.272 e. The number of aryl methyl sites for hydroxylation is 1. The fraction of sp³-hybridized carbons (Fsp3) is 0.0909. The highest BCUT2D eigenvalue weighted by atomic mass is 35.5. The van der Waals surface area contributed by atoms with Gasteiger partial charge in [-0.15, -0.1) is 0 Å². The van der Waals surface area contributed by atoms with Gasteiger partial charge in [0.1, 0.15) is 0 Å². The zero-order valence-electron chi connectivity index (χ0n) is 10.2. The van der Waals surface area contributed by atoms with Crippen LogP contribution in [0.2, 0.25) is 5.02 Å². The number of hydrogen-bond donors (Lipinski definition) is 3. The Hall–Kier alpha value is -1.64. The lowest BCUT2D eigenvalue weighted by Crippen LogP contribution is -2.25. The smallest absolute Gasteiger partial charge is 0.272 e. The van der Waals surface area contributed by atoms with Gasteiger partial charge in [0.2, 0.25) is 0 Å². The SMILES string of the molecule is Cc1[nH]c(=S)[nH]c(=O)c1S(=O)(=O)Nc1ccc(Cl)cc1. The molecule has 1 aromatic heterocycles. The first kappa shape index (κ1) is 14.8. The van der Waals surface area contributed by atoms with E-state index in [1.807, 2.05) is 0 Å². The Morgan fingerprint density at radius 1 is 1.20 bits per heavy atom. The number of aromatic amines is 2. The van der Waals surface area contributed by atoms with E-state index >= 15 is 0 Å². The third-order valence-electron chi connectivity index (χ3n) is 2.44. The Morgan fingerprint density at radius 3 is 2.35 bits per heavy atom. The fourth-order valence-electron chi connectivity index (χ4n) is 1.64. The number of rotatable bonds is 3. The highest BCUT2D eigenvalue weighted by Gasteiger charge is 2.21. The molecular formula is C11H10ClN3O3S2. The Labute approximate surface area is 124 Å². The molecule has 0 aliphatic carbocycles. The van der Waals surface area contributed by atoms with Gasteiger partial charge < -0.3 is 4.98 Å². The molecular weight excluding hydrogens is 322 g/mol. The maximum atomic E-state index is 12.2. The molecule has 0 saturated heterocycles. The first-order valence-corrected chi connectivity index (χ1v) is 7.68. The van der Waals surface area contributed by atoms with E-state index in [1.54, 1.807) is 0 Å². The lowest BCUT2D eigenvalue weighted by molar-refractivity contribution is 0.598. The Morgan fingerprint density at radius 2 is 1.80 bits per heavy atom. The number of sulfonamides is 1. The predicted octanol–water partition coefficient (Wildman–Crippen LogP) is 2.20. The van der Waals surface area contributed by atoms with Crippen molar-refractivity contribution >= 4 is 39.5 Å². The van der Waals surface area contributed by atoms with Gasteiger partial charge in [-0.05, 0) is 43.4 Å². The number of nitrogens with one attached hydrogen (secondary N) is 3. The molecule has 9 heteroatoms. The summed E-state index contributed by atoms with van der Waals surface area (Å²) >= 11 is 10.5. The van der Waals surface area contributed by atoms with Crippen LogP contribution in [0.25, 0.3) is 0 Å². The van der Waals surface area contributed by atoms with Crippen molar-refractivity contribution in [3.63, 3.8) is 0 Å². The largest absolute Gasteiger partial charge is 0.335 e. The highest BCUT2D eigenvalue weighted by molar-refractivity contribution is 7.92. The minimum absolute atomic E-state index is 0.0675. The highest BCUT2D eigenvalue weighted by Crippen LogP contribution is 2.17. The van der Waals surface area contributed by atoms with Crippen LogP contribution in [0.1, 0.15) is 5.69 Å². The number of H-pyrrole nitrogens is 2. The minimum atomic E-state index is -4.02. The molecule has 6 nitrogen and oxygen atoms in total. The van der Waals surface area contributed by atoms with Crippen molar-refractivity contribution in [2.75, 3.05) is 4.72 Å². The van der Waals surface area contributed by atoms with E-state index in [-0.39, 0.29) is 10.5 Å².